The van der Waals surface area contributed by atoms with E-state index in [4.69, 9.17) is 21.1 Å². The lowest BCUT2D eigenvalue weighted by Crippen LogP contribution is -2.39. The Labute approximate surface area is 170 Å². The van der Waals surface area contributed by atoms with Gasteiger partial charge in [-0.1, -0.05) is 29.8 Å². The summed E-state index contributed by atoms with van der Waals surface area (Å²) >= 11 is 6.09. The third-order valence-electron chi connectivity index (χ3n) is 5.23. The van der Waals surface area contributed by atoms with Gasteiger partial charge in [0.1, 0.15) is 0 Å². The van der Waals surface area contributed by atoms with E-state index < -0.39 is 5.97 Å². The number of ether oxygens (including phenoxy) is 2. The molecule has 1 heterocycles. The lowest BCUT2D eigenvalue weighted by Gasteiger charge is -2.37. The molecule has 1 aliphatic heterocycles. The monoisotopic (exact) mass is 403 g/mol. The molecule has 2 aromatic rings. The number of hydrogen-bond donors (Lipinski definition) is 1. The van der Waals surface area contributed by atoms with Crippen LogP contribution in [0.2, 0.25) is 5.02 Å². The topological polar surface area (TPSA) is 59.0 Å². The molecule has 1 aliphatic rings. The zero-order valence-electron chi connectivity index (χ0n) is 16.2. The van der Waals surface area contributed by atoms with Crippen LogP contribution in [-0.2, 0) is 4.79 Å². The quantitative estimate of drug-likeness (QED) is 0.730. The van der Waals surface area contributed by atoms with E-state index in [1.807, 2.05) is 43.3 Å². The number of benzene rings is 2. The SMILES string of the molecule is CCOc1ccc(C(c2ccc(Cl)cc2)N2CCC(C(=O)O)CC2)cc1OC. The van der Waals surface area contributed by atoms with E-state index in [0.717, 1.165) is 24.2 Å². The summed E-state index contributed by atoms with van der Waals surface area (Å²) in [6.07, 6.45) is 1.29. The predicted octanol–water partition coefficient (Wildman–Crippen LogP) is 4.63. The highest BCUT2D eigenvalue weighted by Gasteiger charge is 2.30. The number of likely N-dealkylation sites (tertiary alicyclic amines) is 1. The molecule has 0 saturated carbocycles. The Bertz CT molecular complexity index is 801. The summed E-state index contributed by atoms with van der Waals surface area (Å²) in [6.45, 7) is 3.95. The summed E-state index contributed by atoms with van der Waals surface area (Å²) in [7, 11) is 1.64. The molecular formula is C22H26ClNO4. The number of methoxy groups -OCH3 is 1. The van der Waals surface area contributed by atoms with Gasteiger partial charge in [-0.2, -0.15) is 0 Å². The second-order valence-electron chi connectivity index (χ2n) is 6.95. The van der Waals surface area contributed by atoms with E-state index in [2.05, 4.69) is 11.0 Å². The van der Waals surface area contributed by atoms with E-state index in [-0.39, 0.29) is 12.0 Å². The number of hydrogen-bond acceptors (Lipinski definition) is 4. The Morgan fingerprint density at radius 3 is 2.36 bits per heavy atom. The van der Waals surface area contributed by atoms with Crippen LogP contribution < -0.4 is 9.47 Å². The molecule has 28 heavy (non-hydrogen) atoms. The van der Waals surface area contributed by atoms with Gasteiger partial charge in [-0.05, 0) is 68.2 Å². The molecule has 0 bridgehead atoms. The van der Waals surface area contributed by atoms with Gasteiger partial charge >= 0.3 is 5.97 Å². The fraction of sp³-hybridized carbons (Fsp3) is 0.409. The average molecular weight is 404 g/mol. The highest BCUT2D eigenvalue weighted by Crippen LogP contribution is 2.37. The molecule has 1 N–H and O–H groups in total. The fourth-order valence-corrected chi connectivity index (χ4v) is 3.92. The molecule has 0 aromatic heterocycles. The molecule has 0 radical (unpaired) electrons. The minimum Gasteiger partial charge on any atom is -0.493 e. The summed E-state index contributed by atoms with van der Waals surface area (Å²) in [6, 6.07) is 13.8. The summed E-state index contributed by atoms with van der Waals surface area (Å²) in [5.74, 6) is 0.439. The molecule has 0 spiro atoms. The lowest BCUT2D eigenvalue weighted by molar-refractivity contribution is -0.143. The van der Waals surface area contributed by atoms with Crippen LogP contribution in [0.5, 0.6) is 11.5 Å². The van der Waals surface area contributed by atoms with Crippen molar-refractivity contribution in [3.8, 4) is 11.5 Å². The van der Waals surface area contributed by atoms with Gasteiger partial charge in [-0.25, -0.2) is 0 Å². The van der Waals surface area contributed by atoms with Crippen molar-refractivity contribution >= 4 is 17.6 Å². The van der Waals surface area contributed by atoms with Crippen molar-refractivity contribution in [2.45, 2.75) is 25.8 Å². The zero-order valence-corrected chi connectivity index (χ0v) is 17.0. The number of rotatable bonds is 7. The van der Waals surface area contributed by atoms with Crippen molar-refractivity contribution in [1.82, 2.24) is 4.90 Å². The molecule has 150 valence electrons. The van der Waals surface area contributed by atoms with Gasteiger partial charge in [-0.3, -0.25) is 9.69 Å². The Morgan fingerprint density at radius 1 is 1.14 bits per heavy atom. The van der Waals surface area contributed by atoms with E-state index >= 15 is 0 Å². The summed E-state index contributed by atoms with van der Waals surface area (Å²) < 4.78 is 11.2. The molecule has 0 amide bonds. The predicted molar refractivity (Wildman–Crippen MR) is 109 cm³/mol. The fourth-order valence-electron chi connectivity index (χ4n) is 3.79. The highest BCUT2D eigenvalue weighted by atomic mass is 35.5. The van der Waals surface area contributed by atoms with Crippen LogP contribution in [0.15, 0.2) is 42.5 Å². The first kappa shape index (κ1) is 20.5. The number of aliphatic carboxylic acids is 1. The molecule has 3 rings (SSSR count). The van der Waals surface area contributed by atoms with Crippen LogP contribution in [-0.4, -0.2) is 42.8 Å². The molecule has 0 aliphatic carbocycles. The number of carboxylic acids is 1. The van der Waals surface area contributed by atoms with Crippen LogP contribution in [0.3, 0.4) is 0 Å². The minimum absolute atomic E-state index is 0.00316. The largest absolute Gasteiger partial charge is 0.493 e. The van der Waals surface area contributed by atoms with Crippen molar-refractivity contribution in [2.24, 2.45) is 5.92 Å². The number of piperidine rings is 1. The van der Waals surface area contributed by atoms with Crippen LogP contribution in [0.4, 0.5) is 0 Å². The highest BCUT2D eigenvalue weighted by molar-refractivity contribution is 6.30. The number of nitrogens with zero attached hydrogens (tertiary/aromatic N) is 1. The summed E-state index contributed by atoms with van der Waals surface area (Å²) in [4.78, 5) is 13.7. The number of halogens is 1. The van der Waals surface area contributed by atoms with Crippen molar-refractivity contribution in [3.63, 3.8) is 0 Å². The molecule has 1 fully saturated rings. The summed E-state index contributed by atoms with van der Waals surface area (Å²) in [5, 5.41) is 10.0. The molecule has 6 heteroatoms. The van der Waals surface area contributed by atoms with E-state index in [1.165, 1.54) is 0 Å². The first-order valence-electron chi connectivity index (χ1n) is 9.56. The normalized spacial score (nSPS) is 16.5. The van der Waals surface area contributed by atoms with Gasteiger partial charge in [0.25, 0.3) is 0 Å². The first-order chi connectivity index (χ1) is 13.5. The van der Waals surface area contributed by atoms with Crippen LogP contribution >= 0.6 is 11.6 Å². The smallest absolute Gasteiger partial charge is 0.306 e. The maximum Gasteiger partial charge on any atom is 0.306 e. The Balaban J connectivity index is 1.95. The Hall–Kier alpha value is -2.24. The second-order valence-corrected chi connectivity index (χ2v) is 7.38. The summed E-state index contributed by atoms with van der Waals surface area (Å²) in [5.41, 5.74) is 2.20. The molecule has 5 nitrogen and oxygen atoms in total. The van der Waals surface area contributed by atoms with Crippen LogP contribution in [0.25, 0.3) is 0 Å². The van der Waals surface area contributed by atoms with Crippen molar-refractivity contribution < 1.29 is 19.4 Å². The van der Waals surface area contributed by atoms with Crippen molar-refractivity contribution in [3.05, 3.63) is 58.6 Å². The standard InChI is InChI=1S/C22H26ClNO4/c1-3-28-19-9-6-17(14-20(19)27-2)21(15-4-7-18(23)8-5-15)24-12-10-16(11-13-24)22(25)26/h4-9,14,16,21H,3,10-13H2,1-2H3,(H,25,26). The number of carbonyl (C=O) groups is 1. The van der Waals surface area contributed by atoms with Gasteiger partial charge < -0.3 is 14.6 Å². The molecule has 1 saturated heterocycles. The molecular weight excluding hydrogens is 378 g/mol. The van der Waals surface area contributed by atoms with Gasteiger partial charge in [0.15, 0.2) is 11.5 Å². The van der Waals surface area contributed by atoms with Gasteiger partial charge in [0.05, 0.1) is 25.7 Å². The van der Waals surface area contributed by atoms with Crippen LogP contribution in [0.1, 0.15) is 36.9 Å². The van der Waals surface area contributed by atoms with Crippen LogP contribution in [0, 0.1) is 5.92 Å². The molecule has 1 atom stereocenters. The first-order valence-corrected chi connectivity index (χ1v) is 9.94. The van der Waals surface area contributed by atoms with Gasteiger partial charge in [0.2, 0.25) is 0 Å². The third kappa shape index (κ3) is 4.59. The Morgan fingerprint density at radius 2 is 1.79 bits per heavy atom. The van der Waals surface area contributed by atoms with Gasteiger partial charge in [0, 0.05) is 5.02 Å². The van der Waals surface area contributed by atoms with Gasteiger partial charge in [-0.15, -0.1) is 0 Å². The maximum atomic E-state index is 11.3. The molecule has 2 aromatic carbocycles. The zero-order chi connectivity index (χ0) is 20.1. The van der Waals surface area contributed by atoms with Crippen molar-refractivity contribution in [1.29, 1.82) is 0 Å². The maximum absolute atomic E-state index is 11.3. The third-order valence-corrected chi connectivity index (χ3v) is 5.48. The van der Waals surface area contributed by atoms with Crippen molar-refractivity contribution in [2.75, 3.05) is 26.8 Å². The van der Waals surface area contributed by atoms with E-state index in [0.29, 0.717) is 36.0 Å². The molecule has 1 unspecified atom stereocenters. The Kier molecular flexibility index (Phi) is 6.81. The average Bonchev–Trinajstić information content (AvgIpc) is 2.71. The van der Waals surface area contributed by atoms with E-state index in [1.54, 1.807) is 7.11 Å². The lowest BCUT2D eigenvalue weighted by atomic mass is 9.91. The number of carboxylic acid groups (broad SMARTS) is 1. The minimum atomic E-state index is -0.703. The van der Waals surface area contributed by atoms with E-state index in [9.17, 15) is 9.90 Å². The second kappa shape index (κ2) is 9.30.